The Bertz CT molecular complexity index is 910. The number of carbonyl (C=O) groups excluding carboxylic acids is 2. The van der Waals surface area contributed by atoms with Gasteiger partial charge in [-0.3, -0.25) is 9.59 Å². The van der Waals surface area contributed by atoms with E-state index in [2.05, 4.69) is 17.2 Å². The minimum Gasteiger partial charge on any atom is -0.353 e. The number of likely N-dealkylation sites (tertiary alicyclic amines) is 1. The molecular formula is C26H35N3O2S. The Morgan fingerprint density at radius 1 is 1.03 bits per heavy atom. The highest BCUT2D eigenvalue weighted by Crippen LogP contribution is 2.31. The van der Waals surface area contributed by atoms with Crippen molar-refractivity contribution in [1.82, 2.24) is 15.2 Å². The number of piperidine rings is 1. The maximum atomic E-state index is 13.2. The maximum Gasteiger partial charge on any atom is 0.265 e. The topological polar surface area (TPSA) is 62.3 Å². The summed E-state index contributed by atoms with van der Waals surface area (Å²) in [6.07, 6.45) is 9.03. The molecule has 1 saturated carbocycles. The van der Waals surface area contributed by atoms with Gasteiger partial charge in [0.1, 0.15) is 9.88 Å². The van der Waals surface area contributed by atoms with Crippen molar-refractivity contribution < 1.29 is 9.59 Å². The minimum absolute atomic E-state index is 0.00493. The van der Waals surface area contributed by atoms with Gasteiger partial charge in [0.15, 0.2) is 0 Å². The lowest BCUT2D eigenvalue weighted by Gasteiger charge is -2.34. The predicted molar refractivity (Wildman–Crippen MR) is 130 cm³/mol. The van der Waals surface area contributed by atoms with Crippen LogP contribution in [0.2, 0.25) is 0 Å². The summed E-state index contributed by atoms with van der Waals surface area (Å²) in [5.74, 6) is 0.626. The highest BCUT2D eigenvalue weighted by molar-refractivity contribution is 7.17. The number of thiazole rings is 1. The first-order valence-electron chi connectivity index (χ1n) is 12.2. The third-order valence-electron chi connectivity index (χ3n) is 7.16. The average molecular weight is 454 g/mol. The zero-order valence-corrected chi connectivity index (χ0v) is 20.1. The number of amides is 2. The van der Waals surface area contributed by atoms with E-state index in [4.69, 9.17) is 0 Å². The molecule has 1 aromatic carbocycles. The SMILES string of the molecule is Cc1nc(-c2ccccc2)sc1C(=O)N1CCC([C@H](C)C(=O)NC2CCCCCC2)CC1. The van der Waals surface area contributed by atoms with E-state index in [1.165, 1.54) is 37.0 Å². The lowest BCUT2D eigenvalue weighted by molar-refractivity contribution is -0.127. The summed E-state index contributed by atoms with van der Waals surface area (Å²) in [5.41, 5.74) is 1.85. The monoisotopic (exact) mass is 453 g/mol. The van der Waals surface area contributed by atoms with Gasteiger partial charge in [0.25, 0.3) is 5.91 Å². The molecular weight excluding hydrogens is 418 g/mol. The molecule has 1 aromatic heterocycles. The fourth-order valence-electron chi connectivity index (χ4n) is 5.02. The lowest BCUT2D eigenvalue weighted by Crippen LogP contribution is -2.44. The smallest absolute Gasteiger partial charge is 0.265 e. The first-order valence-corrected chi connectivity index (χ1v) is 13.0. The fraction of sp³-hybridized carbons (Fsp3) is 0.577. The molecule has 2 aliphatic rings. The first kappa shape index (κ1) is 23.0. The van der Waals surface area contributed by atoms with Crippen LogP contribution in [0.15, 0.2) is 30.3 Å². The molecule has 2 fully saturated rings. The summed E-state index contributed by atoms with van der Waals surface area (Å²) >= 11 is 1.48. The third kappa shape index (κ3) is 5.40. The Morgan fingerprint density at radius 3 is 2.34 bits per heavy atom. The molecule has 1 N–H and O–H groups in total. The second kappa shape index (κ2) is 10.6. The number of carbonyl (C=O) groups is 2. The van der Waals surface area contributed by atoms with Gasteiger partial charge in [0, 0.05) is 30.6 Å². The van der Waals surface area contributed by atoms with Crippen LogP contribution >= 0.6 is 11.3 Å². The van der Waals surface area contributed by atoms with Gasteiger partial charge in [0.2, 0.25) is 5.91 Å². The van der Waals surface area contributed by atoms with Crippen LogP contribution in [0.5, 0.6) is 0 Å². The number of nitrogens with one attached hydrogen (secondary N) is 1. The Labute approximate surface area is 195 Å². The van der Waals surface area contributed by atoms with Crippen LogP contribution in [0.25, 0.3) is 10.6 Å². The van der Waals surface area contributed by atoms with Gasteiger partial charge in [-0.2, -0.15) is 0 Å². The minimum atomic E-state index is 0.00493. The van der Waals surface area contributed by atoms with Crippen LogP contribution in [-0.4, -0.2) is 40.8 Å². The molecule has 1 atom stereocenters. The van der Waals surface area contributed by atoms with Crippen molar-refractivity contribution in [1.29, 1.82) is 0 Å². The van der Waals surface area contributed by atoms with Gasteiger partial charge in [-0.25, -0.2) is 4.98 Å². The molecule has 32 heavy (non-hydrogen) atoms. The quantitative estimate of drug-likeness (QED) is 0.613. The van der Waals surface area contributed by atoms with E-state index in [-0.39, 0.29) is 17.7 Å². The van der Waals surface area contributed by atoms with Gasteiger partial charge in [-0.15, -0.1) is 11.3 Å². The molecule has 0 bridgehead atoms. The number of aryl methyl sites for hydroxylation is 1. The zero-order valence-electron chi connectivity index (χ0n) is 19.3. The summed E-state index contributed by atoms with van der Waals surface area (Å²) in [6.45, 7) is 5.40. The molecule has 2 aromatic rings. The molecule has 5 nitrogen and oxygen atoms in total. The molecule has 0 unspecified atom stereocenters. The highest BCUT2D eigenvalue weighted by atomic mass is 32.1. The number of benzene rings is 1. The van der Waals surface area contributed by atoms with E-state index in [1.807, 2.05) is 42.2 Å². The molecule has 4 rings (SSSR count). The Hall–Kier alpha value is -2.21. The molecule has 1 aliphatic carbocycles. The van der Waals surface area contributed by atoms with E-state index in [0.29, 0.717) is 25.0 Å². The van der Waals surface area contributed by atoms with Gasteiger partial charge >= 0.3 is 0 Å². The van der Waals surface area contributed by atoms with Crippen LogP contribution in [-0.2, 0) is 4.79 Å². The van der Waals surface area contributed by atoms with Crippen LogP contribution in [0.3, 0.4) is 0 Å². The highest BCUT2D eigenvalue weighted by Gasteiger charge is 2.32. The normalized spacial score (nSPS) is 19.4. The average Bonchev–Trinajstić information content (AvgIpc) is 3.03. The molecule has 2 heterocycles. The lowest BCUT2D eigenvalue weighted by atomic mass is 9.84. The standard InChI is InChI=1S/C26H35N3O2S/c1-18(24(30)28-22-12-8-3-4-9-13-22)20-14-16-29(17-15-20)26(31)23-19(2)27-25(32-23)21-10-6-5-7-11-21/h5-7,10-11,18,20,22H,3-4,8-9,12-17H2,1-2H3,(H,28,30)/t18-/m0/s1. The van der Waals surface area contributed by atoms with Crippen LogP contribution in [0, 0.1) is 18.8 Å². The van der Waals surface area contributed by atoms with Crippen LogP contribution in [0.4, 0.5) is 0 Å². The van der Waals surface area contributed by atoms with E-state index in [9.17, 15) is 9.59 Å². The molecule has 6 heteroatoms. The summed E-state index contributed by atoms with van der Waals surface area (Å²) < 4.78 is 0. The number of rotatable bonds is 5. The second-order valence-electron chi connectivity index (χ2n) is 9.41. The Morgan fingerprint density at radius 2 is 1.69 bits per heavy atom. The number of nitrogens with zero attached hydrogens (tertiary/aromatic N) is 2. The summed E-state index contributed by atoms with van der Waals surface area (Å²) in [7, 11) is 0. The fourth-order valence-corrected chi connectivity index (χ4v) is 6.06. The van der Waals surface area contributed by atoms with Crippen molar-refractivity contribution in [3.05, 3.63) is 40.9 Å². The predicted octanol–water partition coefficient (Wildman–Crippen LogP) is 5.45. The van der Waals surface area contributed by atoms with E-state index >= 15 is 0 Å². The van der Waals surface area contributed by atoms with Gasteiger partial charge < -0.3 is 10.2 Å². The van der Waals surface area contributed by atoms with Crippen LogP contribution in [0.1, 0.15) is 73.7 Å². The Kier molecular flexibility index (Phi) is 7.61. The zero-order chi connectivity index (χ0) is 22.5. The van der Waals surface area contributed by atoms with Crippen molar-refractivity contribution in [2.24, 2.45) is 11.8 Å². The summed E-state index contributed by atoms with van der Waals surface area (Å²) in [4.78, 5) is 33.4. The van der Waals surface area contributed by atoms with Gasteiger partial charge in [-0.1, -0.05) is 62.9 Å². The summed E-state index contributed by atoms with van der Waals surface area (Å²) in [6, 6.07) is 10.4. The number of aromatic nitrogens is 1. The van der Waals surface area contributed by atoms with Gasteiger partial charge in [0.05, 0.1) is 5.69 Å². The van der Waals surface area contributed by atoms with Crippen LogP contribution < -0.4 is 5.32 Å². The molecule has 0 radical (unpaired) electrons. The molecule has 0 spiro atoms. The molecule has 172 valence electrons. The number of hydrogen-bond donors (Lipinski definition) is 1. The summed E-state index contributed by atoms with van der Waals surface area (Å²) in [5, 5.41) is 4.21. The second-order valence-corrected chi connectivity index (χ2v) is 10.4. The Balaban J connectivity index is 1.32. The van der Waals surface area contributed by atoms with Crippen molar-refractivity contribution in [2.75, 3.05) is 13.1 Å². The molecule has 1 saturated heterocycles. The maximum absolute atomic E-state index is 13.2. The van der Waals surface area contributed by atoms with Crippen molar-refractivity contribution in [3.8, 4) is 10.6 Å². The van der Waals surface area contributed by atoms with Crippen molar-refractivity contribution >= 4 is 23.2 Å². The molecule has 2 amide bonds. The number of hydrogen-bond acceptors (Lipinski definition) is 4. The molecule has 1 aliphatic heterocycles. The largest absolute Gasteiger partial charge is 0.353 e. The van der Waals surface area contributed by atoms with Crippen molar-refractivity contribution in [2.45, 2.75) is 71.3 Å². The van der Waals surface area contributed by atoms with E-state index < -0.39 is 0 Å². The first-order chi connectivity index (χ1) is 15.5. The van der Waals surface area contributed by atoms with Gasteiger partial charge in [-0.05, 0) is 38.5 Å². The van der Waals surface area contributed by atoms with Crippen molar-refractivity contribution in [3.63, 3.8) is 0 Å². The third-order valence-corrected chi connectivity index (χ3v) is 8.36. The van der Waals surface area contributed by atoms with E-state index in [1.54, 1.807) is 0 Å². The van der Waals surface area contributed by atoms with E-state index in [0.717, 1.165) is 46.8 Å².